The van der Waals surface area contributed by atoms with Crippen LogP contribution < -0.4 is 10.8 Å². The number of rotatable bonds is 4. The van der Waals surface area contributed by atoms with Crippen molar-refractivity contribution in [3.63, 3.8) is 0 Å². The molecule has 0 aromatic rings. The standard InChI is InChI=1S/C8H14N2O4Si/c1-15(2)4-14-10-8(13)5-3-6(11)9-7(5)12/h5,15H,3-4H2,1-2H3,(H,10,13)(H,9,11,12). The van der Waals surface area contributed by atoms with Crippen LogP contribution >= 0.6 is 0 Å². The molecule has 15 heavy (non-hydrogen) atoms. The molecule has 1 aliphatic rings. The Morgan fingerprint density at radius 2 is 2.27 bits per heavy atom. The molecular weight excluding hydrogens is 216 g/mol. The van der Waals surface area contributed by atoms with E-state index >= 15 is 0 Å². The molecule has 3 amide bonds. The van der Waals surface area contributed by atoms with E-state index in [1.807, 2.05) is 0 Å². The molecule has 0 bridgehead atoms. The number of carbonyl (C=O) groups is 3. The molecular formula is C8H14N2O4Si. The van der Waals surface area contributed by atoms with Gasteiger partial charge in [0.25, 0.3) is 5.91 Å². The molecule has 0 spiro atoms. The molecule has 1 unspecified atom stereocenters. The maximum Gasteiger partial charge on any atom is 0.256 e. The Labute approximate surface area is 88.9 Å². The zero-order chi connectivity index (χ0) is 11.4. The third-order valence-electron chi connectivity index (χ3n) is 1.87. The van der Waals surface area contributed by atoms with Crippen LogP contribution in [0, 0.1) is 5.92 Å². The minimum absolute atomic E-state index is 0.0901. The van der Waals surface area contributed by atoms with Gasteiger partial charge in [-0.2, -0.15) is 0 Å². The van der Waals surface area contributed by atoms with Crippen molar-refractivity contribution in [3.8, 4) is 0 Å². The SMILES string of the molecule is C[SiH](C)CONC(=O)C1CC(=O)NC1=O. The maximum absolute atomic E-state index is 11.3. The van der Waals surface area contributed by atoms with Gasteiger partial charge in [-0.05, 0) is 0 Å². The minimum Gasteiger partial charge on any atom is -0.296 e. The van der Waals surface area contributed by atoms with Crippen molar-refractivity contribution < 1.29 is 19.2 Å². The van der Waals surface area contributed by atoms with Gasteiger partial charge in [0.15, 0.2) is 0 Å². The van der Waals surface area contributed by atoms with Gasteiger partial charge in [-0.3, -0.25) is 24.5 Å². The topological polar surface area (TPSA) is 84.5 Å². The number of amides is 3. The number of imide groups is 1. The number of carbonyl (C=O) groups excluding carboxylic acids is 3. The smallest absolute Gasteiger partial charge is 0.256 e. The molecule has 84 valence electrons. The van der Waals surface area contributed by atoms with E-state index in [0.29, 0.717) is 6.23 Å². The zero-order valence-corrected chi connectivity index (χ0v) is 9.86. The van der Waals surface area contributed by atoms with Crippen molar-refractivity contribution >= 4 is 26.5 Å². The summed E-state index contributed by atoms with van der Waals surface area (Å²) in [7, 11) is -0.896. The Kier molecular flexibility index (Phi) is 3.98. The van der Waals surface area contributed by atoms with Gasteiger partial charge in [-0.1, -0.05) is 13.1 Å². The van der Waals surface area contributed by atoms with Crippen molar-refractivity contribution in [2.45, 2.75) is 19.5 Å². The van der Waals surface area contributed by atoms with Gasteiger partial charge in [-0.15, -0.1) is 0 Å². The first kappa shape index (κ1) is 11.9. The molecule has 1 saturated heterocycles. The van der Waals surface area contributed by atoms with Crippen molar-refractivity contribution in [2.24, 2.45) is 5.92 Å². The lowest BCUT2D eigenvalue weighted by Crippen LogP contribution is -2.36. The lowest BCUT2D eigenvalue weighted by molar-refractivity contribution is -0.141. The largest absolute Gasteiger partial charge is 0.296 e. The van der Waals surface area contributed by atoms with E-state index in [1.54, 1.807) is 0 Å². The summed E-state index contributed by atoms with van der Waals surface area (Å²) in [5.74, 6) is -2.46. The highest BCUT2D eigenvalue weighted by Gasteiger charge is 2.36. The predicted molar refractivity (Wildman–Crippen MR) is 54.2 cm³/mol. The first-order valence-electron chi connectivity index (χ1n) is 4.76. The fraction of sp³-hybridized carbons (Fsp3) is 0.625. The fourth-order valence-electron chi connectivity index (χ4n) is 1.12. The van der Waals surface area contributed by atoms with Gasteiger partial charge in [0, 0.05) is 6.42 Å². The van der Waals surface area contributed by atoms with Crippen LogP contribution in [0.5, 0.6) is 0 Å². The first-order valence-corrected chi connectivity index (χ1v) is 7.88. The van der Waals surface area contributed by atoms with Crippen LogP contribution in [0.4, 0.5) is 0 Å². The molecule has 0 saturated carbocycles. The van der Waals surface area contributed by atoms with Gasteiger partial charge < -0.3 is 0 Å². The van der Waals surface area contributed by atoms with E-state index in [1.165, 1.54) is 0 Å². The third kappa shape index (κ3) is 3.44. The minimum atomic E-state index is -0.939. The number of hydrogen-bond acceptors (Lipinski definition) is 4. The molecule has 2 N–H and O–H groups in total. The zero-order valence-electron chi connectivity index (χ0n) is 8.70. The Bertz CT molecular complexity index is 292. The van der Waals surface area contributed by atoms with E-state index in [2.05, 4.69) is 23.9 Å². The average Bonchev–Trinajstić information content (AvgIpc) is 2.44. The van der Waals surface area contributed by atoms with Crippen molar-refractivity contribution in [3.05, 3.63) is 0 Å². The molecule has 1 heterocycles. The van der Waals surface area contributed by atoms with E-state index in [4.69, 9.17) is 4.84 Å². The summed E-state index contributed by atoms with van der Waals surface area (Å²) >= 11 is 0. The van der Waals surface area contributed by atoms with Crippen LogP contribution in [0.3, 0.4) is 0 Å². The second kappa shape index (κ2) is 5.03. The Morgan fingerprint density at radius 1 is 1.60 bits per heavy atom. The highest BCUT2D eigenvalue weighted by Crippen LogP contribution is 2.10. The number of hydrogen-bond donors (Lipinski definition) is 2. The van der Waals surface area contributed by atoms with Crippen LogP contribution in [0.25, 0.3) is 0 Å². The van der Waals surface area contributed by atoms with Crippen LogP contribution in [-0.4, -0.2) is 32.7 Å². The van der Waals surface area contributed by atoms with Gasteiger partial charge in [0.05, 0.1) is 15.0 Å². The second-order valence-electron chi connectivity index (χ2n) is 3.84. The molecule has 0 aromatic carbocycles. The summed E-state index contributed by atoms with van der Waals surface area (Å²) < 4.78 is 0. The van der Waals surface area contributed by atoms with Gasteiger partial charge in [-0.25, -0.2) is 5.48 Å². The van der Waals surface area contributed by atoms with Crippen LogP contribution in [0.1, 0.15) is 6.42 Å². The predicted octanol–water partition coefficient (Wildman–Crippen LogP) is -1.28. The maximum atomic E-state index is 11.3. The lowest BCUT2D eigenvalue weighted by atomic mass is 10.1. The molecule has 7 heteroatoms. The fourth-order valence-corrected chi connectivity index (χ4v) is 1.53. The molecule has 6 nitrogen and oxygen atoms in total. The summed E-state index contributed by atoms with van der Waals surface area (Å²) in [6.07, 6.45) is 0.418. The van der Waals surface area contributed by atoms with Gasteiger partial charge in [0.1, 0.15) is 5.92 Å². The monoisotopic (exact) mass is 230 g/mol. The Balaban J connectivity index is 2.34. The van der Waals surface area contributed by atoms with Crippen molar-refractivity contribution in [1.82, 2.24) is 10.8 Å². The Hall–Kier alpha value is -1.21. The van der Waals surface area contributed by atoms with E-state index in [-0.39, 0.29) is 6.42 Å². The van der Waals surface area contributed by atoms with E-state index < -0.39 is 32.4 Å². The van der Waals surface area contributed by atoms with Crippen LogP contribution in [-0.2, 0) is 19.2 Å². The third-order valence-corrected chi connectivity index (χ3v) is 2.71. The summed E-state index contributed by atoms with van der Waals surface area (Å²) in [6.45, 7) is 4.13. The normalized spacial score (nSPS) is 20.6. The highest BCUT2D eigenvalue weighted by molar-refractivity contribution is 6.55. The first-order chi connectivity index (χ1) is 7.00. The van der Waals surface area contributed by atoms with Crippen LogP contribution in [0.15, 0.2) is 0 Å². The Morgan fingerprint density at radius 3 is 2.73 bits per heavy atom. The quantitative estimate of drug-likeness (QED) is 0.273. The van der Waals surface area contributed by atoms with Crippen molar-refractivity contribution in [2.75, 3.05) is 6.23 Å². The molecule has 1 aliphatic heterocycles. The van der Waals surface area contributed by atoms with E-state index in [0.717, 1.165) is 0 Å². The average molecular weight is 230 g/mol. The summed E-state index contributed by atoms with van der Waals surface area (Å²) in [4.78, 5) is 38.2. The highest BCUT2D eigenvalue weighted by atomic mass is 28.3. The molecule has 1 fully saturated rings. The van der Waals surface area contributed by atoms with Gasteiger partial charge >= 0.3 is 0 Å². The van der Waals surface area contributed by atoms with Crippen LogP contribution in [0.2, 0.25) is 13.1 Å². The molecule has 0 aliphatic carbocycles. The molecule has 0 aromatic heterocycles. The molecule has 0 radical (unpaired) electrons. The van der Waals surface area contributed by atoms with E-state index in [9.17, 15) is 14.4 Å². The summed E-state index contributed by atoms with van der Waals surface area (Å²) in [6, 6.07) is 0. The summed E-state index contributed by atoms with van der Waals surface area (Å²) in [5.41, 5.74) is 2.19. The van der Waals surface area contributed by atoms with Gasteiger partial charge in [0.2, 0.25) is 11.8 Å². The number of nitrogens with one attached hydrogen (secondary N) is 2. The van der Waals surface area contributed by atoms with Crippen molar-refractivity contribution in [1.29, 1.82) is 0 Å². The second-order valence-corrected chi connectivity index (χ2v) is 6.96. The summed E-state index contributed by atoms with van der Waals surface area (Å²) in [5, 5.41) is 2.06. The molecule has 1 rings (SSSR count). The number of hydroxylamine groups is 1. The lowest BCUT2D eigenvalue weighted by Gasteiger charge is -2.09. The molecule has 1 atom stereocenters.